The van der Waals surface area contributed by atoms with E-state index in [2.05, 4.69) is 4.98 Å². The number of nitrogen functional groups attached to an aromatic ring is 1. The Balaban J connectivity index is 1.61. The van der Waals surface area contributed by atoms with Gasteiger partial charge < -0.3 is 15.4 Å². The van der Waals surface area contributed by atoms with Crippen LogP contribution in [-0.2, 0) is 21.3 Å². The summed E-state index contributed by atoms with van der Waals surface area (Å²) in [6.45, 7) is 1.26. The van der Waals surface area contributed by atoms with Crippen LogP contribution in [-0.4, -0.2) is 61.5 Å². The Bertz CT molecular complexity index is 1440. The number of rotatable bonds is 6. The molecule has 1 saturated heterocycles. The molecule has 0 bridgehead atoms. The van der Waals surface area contributed by atoms with Gasteiger partial charge in [-0.3, -0.25) is 19.1 Å². The lowest BCUT2D eigenvalue weighted by Gasteiger charge is -2.26. The minimum absolute atomic E-state index is 0.0485. The number of H-pyrrole nitrogens is 1. The summed E-state index contributed by atoms with van der Waals surface area (Å²) in [5, 5.41) is 0. The van der Waals surface area contributed by atoms with Gasteiger partial charge in [0.15, 0.2) is 5.69 Å². The lowest BCUT2D eigenvalue weighted by atomic mass is 10.2. The highest BCUT2D eigenvalue weighted by atomic mass is 32.2. The fourth-order valence-corrected chi connectivity index (χ4v) is 5.23. The summed E-state index contributed by atoms with van der Waals surface area (Å²) in [7, 11) is -2.36. The van der Waals surface area contributed by atoms with Gasteiger partial charge in [-0.1, -0.05) is 30.3 Å². The van der Waals surface area contributed by atoms with E-state index in [4.69, 9.17) is 10.5 Å². The van der Waals surface area contributed by atoms with Gasteiger partial charge in [0, 0.05) is 25.7 Å². The number of benzene rings is 2. The van der Waals surface area contributed by atoms with Crippen LogP contribution in [0.3, 0.4) is 0 Å². The van der Waals surface area contributed by atoms with Crippen molar-refractivity contribution in [1.82, 2.24) is 13.9 Å². The van der Waals surface area contributed by atoms with Crippen LogP contribution < -0.4 is 21.9 Å². The number of morpholine rings is 1. The van der Waals surface area contributed by atoms with Gasteiger partial charge in [0.05, 0.1) is 24.7 Å². The zero-order valence-corrected chi connectivity index (χ0v) is 19.8. The number of carbonyl (C=O) groups excluding carboxylic acids is 1. The van der Waals surface area contributed by atoms with Crippen molar-refractivity contribution in [2.75, 3.05) is 44.0 Å². The van der Waals surface area contributed by atoms with Crippen LogP contribution in [0.5, 0.6) is 0 Å². The van der Waals surface area contributed by atoms with E-state index in [-0.39, 0.29) is 41.6 Å². The molecule has 1 amide bonds. The Kier molecular flexibility index (Phi) is 6.87. The van der Waals surface area contributed by atoms with Crippen molar-refractivity contribution in [2.45, 2.75) is 11.4 Å². The van der Waals surface area contributed by atoms with Crippen molar-refractivity contribution in [3.05, 3.63) is 86.6 Å². The SMILES string of the molecule is CN(C(=O)c1ccc(S(=O)(=O)N2CCOCC2)cc1)c1c(N)n(Cc2ccccc2)c(=O)[nH]c1=O. The largest absolute Gasteiger partial charge is 0.383 e. The molecule has 35 heavy (non-hydrogen) atoms. The number of aromatic amines is 1. The number of ether oxygens (including phenoxy) is 1. The number of sulfonamides is 1. The Morgan fingerprint density at radius 3 is 2.31 bits per heavy atom. The normalized spacial score (nSPS) is 14.5. The van der Waals surface area contributed by atoms with Crippen molar-refractivity contribution >= 4 is 27.4 Å². The number of hydrogen-bond donors (Lipinski definition) is 2. The first-order valence-electron chi connectivity index (χ1n) is 10.8. The Morgan fingerprint density at radius 1 is 1.06 bits per heavy atom. The Morgan fingerprint density at radius 2 is 1.69 bits per heavy atom. The smallest absolute Gasteiger partial charge is 0.330 e. The second-order valence-corrected chi connectivity index (χ2v) is 9.91. The number of aromatic nitrogens is 2. The van der Waals surface area contributed by atoms with E-state index in [1.54, 1.807) is 12.1 Å². The fraction of sp³-hybridized carbons (Fsp3) is 0.261. The van der Waals surface area contributed by atoms with Gasteiger partial charge in [0.1, 0.15) is 5.82 Å². The van der Waals surface area contributed by atoms with Gasteiger partial charge in [-0.05, 0) is 29.8 Å². The number of nitrogens with one attached hydrogen (secondary N) is 1. The van der Waals surface area contributed by atoms with Crippen LogP contribution in [0.1, 0.15) is 15.9 Å². The van der Waals surface area contributed by atoms with Gasteiger partial charge in [-0.2, -0.15) is 4.31 Å². The highest BCUT2D eigenvalue weighted by molar-refractivity contribution is 7.89. The number of hydrogen-bond acceptors (Lipinski definition) is 7. The topological polar surface area (TPSA) is 148 Å². The molecule has 12 heteroatoms. The van der Waals surface area contributed by atoms with Crippen molar-refractivity contribution in [2.24, 2.45) is 0 Å². The van der Waals surface area contributed by atoms with Gasteiger partial charge in [0.2, 0.25) is 10.0 Å². The van der Waals surface area contributed by atoms with Gasteiger partial charge in [-0.25, -0.2) is 13.2 Å². The van der Waals surface area contributed by atoms with Crippen LogP contribution >= 0.6 is 0 Å². The number of nitrogens with two attached hydrogens (primary N) is 1. The zero-order chi connectivity index (χ0) is 25.2. The molecule has 184 valence electrons. The molecular formula is C23H25N5O6S. The minimum Gasteiger partial charge on any atom is -0.383 e. The van der Waals surface area contributed by atoms with Crippen LogP contribution in [0.15, 0.2) is 69.1 Å². The third-order valence-electron chi connectivity index (χ3n) is 5.75. The summed E-state index contributed by atoms with van der Waals surface area (Å²) in [5.41, 5.74) is 5.41. The molecule has 2 heterocycles. The molecule has 2 aromatic carbocycles. The summed E-state index contributed by atoms with van der Waals surface area (Å²) in [6.07, 6.45) is 0. The van der Waals surface area contributed by atoms with Crippen molar-refractivity contribution in [3.8, 4) is 0 Å². The first-order chi connectivity index (χ1) is 16.7. The summed E-state index contributed by atoms with van der Waals surface area (Å²) < 4.78 is 33.3. The molecular weight excluding hydrogens is 474 g/mol. The summed E-state index contributed by atoms with van der Waals surface area (Å²) >= 11 is 0. The molecule has 11 nitrogen and oxygen atoms in total. The third-order valence-corrected chi connectivity index (χ3v) is 7.66. The van der Waals surface area contributed by atoms with Gasteiger partial charge >= 0.3 is 5.69 Å². The first kappa shape index (κ1) is 24.4. The molecule has 4 rings (SSSR count). The van der Waals surface area contributed by atoms with Gasteiger partial charge in [0.25, 0.3) is 11.5 Å². The molecule has 0 spiro atoms. The molecule has 0 unspecified atom stereocenters. The van der Waals surface area contributed by atoms with Gasteiger partial charge in [-0.15, -0.1) is 0 Å². The number of anilines is 2. The monoisotopic (exact) mass is 499 g/mol. The molecule has 0 saturated carbocycles. The maximum atomic E-state index is 13.1. The van der Waals surface area contributed by atoms with E-state index in [0.29, 0.717) is 13.2 Å². The predicted octanol–water partition coefficient (Wildman–Crippen LogP) is 0.465. The first-order valence-corrected chi connectivity index (χ1v) is 12.3. The van der Waals surface area contributed by atoms with E-state index < -0.39 is 27.2 Å². The molecule has 3 aromatic rings. The molecule has 1 aromatic heterocycles. The highest BCUT2D eigenvalue weighted by Crippen LogP contribution is 2.21. The average molecular weight is 500 g/mol. The van der Waals surface area contributed by atoms with Crippen LogP contribution in [0.25, 0.3) is 0 Å². The number of nitrogens with zero attached hydrogens (tertiary/aromatic N) is 3. The lowest BCUT2D eigenvalue weighted by molar-refractivity contribution is 0.0730. The standard InChI is InChI=1S/C23H25N5O6S/c1-26(19-20(24)28(23(31)25-21(19)29)15-16-5-3-2-4-6-16)22(30)17-7-9-18(10-8-17)35(32,33)27-11-13-34-14-12-27/h2-10H,11-15,24H2,1H3,(H,25,29,31). The molecule has 1 aliphatic heterocycles. The summed E-state index contributed by atoms with van der Waals surface area (Å²) in [4.78, 5) is 41.4. The van der Waals surface area contributed by atoms with Crippen LogP contribution in [0.2, 0.25) is 0 Å². The van der Waals surface area contributed by atoms with E-state index >= 15 is 0 Å². The third kappa shape index (κ3) is 4.90. The van der Waals surface area contributed by atoms with Crippen LogP contribution in [0, 0.1) is 0 Å². The quantitative estimate of drug-likeness (QED) is 0.501. The van der Waals surface area contributed by atoms with Crippen LogP contribution in [0.4, 0.5) is 11.5 Å². The Labute approximate surface area is 201 Å². The molecule has 0 atom stereocenters. The predicted molar refractivity (Wildman–Crippen MR) is 130 cm³/mol. The van der Waals surface area contributed by atoms with E-state index in [1.165, 1.54) is 40.2 Å². The molecule has 0 aliphatic carbocycles. The number of carbonyl (C=O) groups is 1. The fourth-order valence-electron chi connectivity index (χ4n) is 3.83. The average Bonchev–Trinajstić information content (AvgIpc) is 2.87. The zero-order valence-electron chi connectivity index (χ0n) is 19.0. The second-order valence-electron chi connectivity index (χ2n) is 7.97. The molecule has 0 radical (unpaired) electrons. The Hall–Kier alpha value is -3.74. The molecule has 1 aliphatic rings. The molecule has 1 fully saturated rings. The van der Waals surface area contributed by atoms with Crippen molar-refractivity contribution < 1.29 is 17.9 Å². The number of amides is 1. The minimum atomic E-state index is -3.72. The summed E-state index contributed by atoms with van der Waals surface area (Å²) in [6, 6.07) is 14.5. The van der Waals surface area contributed by atoms with E-state index in [1.807, 2.05) is 18.2 Å². The molecule has 3 N–H and O–H groups in total. The highest BCUT2D eigenvalue weighted by Gasteiger charge is 2.27. The summed E-state index contributed by atoms with van der Waals surface area (Å²) in [5.74, 6) is -0.757. The maximum absolute atomic E-state index is 13.1. The lowest BCUT2D eigenvalue weighted by Crippen LogP contribution is -2.40. The van der Waals surface area contributed by atoms with Crippen molar-refractivity contribution in [1.29, 1.82) is 0 Å². The van der Waals surface area contributed by atoms with Crippen molar-refractivity contribution in [3.63, 3.8) is 0 Å². The second kappa shape index (κ2) is 9.86. The van der Waals surface area contributed by atoms with E-state index in [9.17, 15) is 22.8 Å². The van der Waals surface area contributed by atoms with E-state index in [0.717, 1.165) is 10.5 Å². The maximum Gasteiger partial charge on any atom is 0.330 e.